The second kappa shape index (κ2) is 10.3. The third-order valence-corrected chi connectivity index (χ3v) is 9.77. The number of carbonyl (C=O) groups is 1. The number of aromatic amines is 1. The van der Waals surface area contributed by atoms with Gasteiger partial charge in [-0.05, 0) is 52.2 Å². The number of thiazole rings is 1. The zero-order chi connectivity index (χ0) is 28.1. The van der Waals surface area contributed by atoms with E-state index in [9.17, 15) is 9.59 Å². The van der Waals surface area contributed by atoms with Gasteiger partial charge in [0.25, 0.3) is 5.56 Å². The molecule has 0 radical (unpaired) electrons. The van der Waals surface area contributed by atoms with Gasteiger partial charge in [-0.15, -0.1) is 11.3 Å². The normalized spacial score (nSPS) is 18.2. The molecule has 3 aromatic heterocycles. The Morgan fingerprint density at radius 1 is 1.20 bits per heavy atom. The molecule has 1 spiro atoms. The van der Waals surface area contributed by atoms with E-state index in [0.29, 0.717) is 25.8 Å². The van der Waals surface area contributed by atoms with Crippen LogP contribution in [0.3, 0.4) is 0 Å². The second-order valence-electron chi connectivity index (χ2n) is 11.1. The first kappa shape index (κ1) is 27.0. The van der Waals surface area contributed by atoms with Crippen molar-refractivity contribution in [1.82, 2.24) is 30.2 Å². The summed E-state index contributed by atoms with van der Waals surface area (Å²) in [6.07, 6.45) is 7.06. The average molecular weight is 598 g/mol. The summed E-state index contributed by atoms with van der Waals surface area (Å²) in [7, 11) is 0. The van der Waals surface area contributed by atoms with E-state index in [1.54, 1.807) is 29.8 Å². The quantitative estimate of drug-likeness (QED) is 0.319. The van der Waals surface area contributed by atoms with Crippen LogP contribution in [0.5, 0.6) is 0 Å². The number of ether oxygens (including phenoxy) is 1. The Hall–Kier alpha value is -3.22. The molecule has 1 aliphatic carbocycles. The molecule has 1 fully saturated rings. The van der Waals surface area contributed by atoms with Gasteiger partial charge in [0.2, 0.25) is 0 Å². The third-order valence-electron chi connectivity index (χ3n) is 7.35. The van der Waals surface area contributed by atoms with Crippen LogP contribution in [0.15, 0.2) is 51.1 Å². The molecule has 4 aromatic rings. The van der Waals surface area contributed by atoms with Crippen molar-refractivity contribution in [3.8, 4) is 0 Å². The summed E-state index contributed by atoms with van der Waals surface area (Å²) >= 11 is 9.48. The van der Waals surface area contributed by atoms with E-state index in [0.717, 1.165) is 48.7 Å². The number of nitrogens with one attached hydrogen (secondary N) is 2. The zero-order valence-corrected chi connectivity index (χ0v) is 24.6. The fourth-order valence-electron chi connectivity index (χ4n) is 5.47. The molecule has 4 heterocycles. The molecule has 208 valence electrons. The second-order valence-corrected chi connectivity index (χ2v) is 13.4. The van der Waals surface area contributed by atoms with Gasteiger partial charge in [0.05, 0.1) is 56.8 Å². The van der Waals surface area contributed by atoms with E-state index >= 15 is 0 Å². The number of nitrogens with zero attached hydrogens (tertiary/aromatic N) is 5. The molecule has 10 nitrogen and oxygen atoms in total. The molecule has 13 heteroatoms. The Morgan fingerprint density at radius 3 is 2.73 bits per heavy atom. The molecular weight excluding hydrogens is 570 g/mol. The van der Waals surface area contributed by atoms with Crippen LogP contribution >= 0.6 is 34.7 Å². The Labute approximate surface area is 244 Å². The predicted molar refractivity (Wildman–Crippen MR) is 155 cm³/mol. The van der Waals surface area contributed by atoms with Crippen LogP contribution < -0.4 is 15.8 Å². The van der Waals surface area contributed by atoms with Crippen molar-refractivity contribution in [2.24, 2.45) is 5.41 Å². The van der Waals surface area contributed by atoms with Crippen LogP contribution in [-0.2, 0) is 11.2 Å². The lowest BCUT2D eigenvalue weighted by Gasteiger charge is -2.43. The lowest BCUT2D eigenvalue weighted by Crippen LogP contribution is -2.47. The molecule has 40 heavy (non-hydrogen) atoms. The van der Waals surface area contributed by atoms with Crippen molar-refractivity contribution in [2.45, 2.75) is 61.6 Å². The number of amides is 1. The van der Waals surface area contributed by atoms with Crippen LogP contribution in [0, 0.1) is 5.41 Å². The Bertz CT molecular complexity index is 1630. The summed E-state index contributed by atoms with van der Waals surface area (Å²) in [5.74, 6) is 0.798. The first-order valence-corrected chi connectivity index (χ1v) is 15.0. The number of aromatic nitrogens is 5. The minimum Gasteiger partial charge on any atom is -0.444 e. The topological polar surface area (TPSA) is 126 Å². The monoisotopic (exact) mass is 597 g/mol. The lowest BCUT2D eigenvalue weighted by molar-refractivity contribution is 0.0429. The minimum atomic E-state index is -0.562. The molecule has 1 aliphatic heterocycles. The minimum absolute atomic E-state index is 0.106. The molecule has 1 amide bonds. The first-order valence-electron chi connectivity index (χ1n) is 12.9. The number of halogens is 1. The van der Waals surface area contributed by atoms with Gasteiger partial charge in [0.1, 0.15) is 16.4 Å². The summed E-state index contributed by atoms with van der Waals surface area (Å²) in [5.41, 5.74) is 2.52. The van der Waals surface area contributed by atoms with Crippen LogP contribution in [0.2, 0.25) is 5.02 Å². The van der Waals surface area contributed by atoms with Gasteiger partial charge in [-0.2, -0.15) is 0 Å². The summed E-state index contributed by atoms with van der Waals surface area (Å²) < 4.78 is 5.58. The summed E-state index contributed by atoms with van der Waals surface area (Å²) in [6, 6.07) is 3.48. The molecule has 2 N–H and O–H groups in total. The number of anilines is 1. The number of rotatable bonds is 4. The SMILES string of the molecule is CC(C)(C)OC(=O)N[C@H]1c2scnc2CC12CCN(c1cnc(Sc3ccc4nc[nH]c(=O)c4c3Cl)cn1)CC2. The van der Waals surface area contributed by atoms with E-state index in [1.165, 1.54) is 18.1 Å². The summed E-state index contributed by atoms with van der Waals surface area (Å²) in [6.45, 7) is 7.18. The Balaban J connectivity index is 1.14. The zero-order valence-electron chi connectivity index (χ0n) is 22.2. The van der Waals surface area contributed by atoms with Crippen LogP contribution in [0.25, 0.3) is 10.9 Å². The summed E-state index contributed by atoms with van der Waals surface area (Å²) in [5, 5.41) is 4.54. The standard InChI is InChI=1S/C27H28ClN7O3S2/c1-26(2,3)38-25(37)34-23-22-16(33-14-39-22)10-27(23)6-8-35(9-7-27)18-11-30-19(12-29-18)40-17-5-4-15-20(21(17)28)24(36)32-13-31-15/h4-5,11-14,23H,6-10H2,1-3H3,(H,34,37)(H,31,32,36)/t23-/m0/s1. The largest absolute Gasteiger partial charge is 0.444 e. The molecule has 6 rings (SSSR count). The number of carbonyl (C=O) groups excluding carboxylic acids is 1. The fourth-order valence-corrected chi connectivity index (χ4v) is 7.59. The predicted octanol–water partition coefficient (Wildman–Crippen LogP) is 5.38. The van der Waals surface area contributed by atoms with Gasteiger partial charge in [-0.25, -0.2) is 24.7 Å². The van der Waals surface area contributed by atoms with Crippen LogP contribution in [0.4, 0.5) is 10.6 Å². The molecule has 0 unspecified atom stereocenters. The van der Waals surface area contributed by atoms with Gasteiger partial charge in [-0.1, -0.05) is 23.4 Å². The van der Waals surface area contributed by atoms with Gasteiger partial charge in [0.15, 0.2) is 0 Å². The number of hydrogen-bond donors (Lipinski definition) is 2. The summed E-state index contributed by atoms with van der Waals surface area (Å²) in [4.78, 5) is 49.6. The Morgan fingerprint density at radius 2 is 2.00 bits per heavy atom. The van der Waals surface area contributed by atoms with E-state index < -0.39 is 11.7 Å². The van der Waals surface area contributed by atoms with Crippen molar-refractivity contribution in [3.05, 3.63) is 62.3 Å². The maximum absolute atomic E-state index is 12.7. The third kappa shape index (κ3) is 5.15. The van der Waals surface area contributed by atoms with E-state index in [2.05, 4.69) is 35.1 Å². The number of hydrogen-bond acceptors (Lipinski definition) is 10. The van der Waals surface area contributed by atoms with Crippen LogP contribution in [0.1, 0.15) is 50.2 Å². The molecule has 2 aliphatic rings. The molecule has 1 aromatic carbocycles. The molecular formula is C27H28ClN7O3S2. The van der Waals surface area contributed by atoms with Gasteiger partial charge < -0.3 is 19.9 Å². The van der Waals surface area contributed by atoms with Gasteiger partial charge >= 0.3 is 6.09 Å². The van der Waals surface area contributed by atoms with Gasteiger partial charge in [-0.3, -0.25) is 4.79 Å². The smallest absolute Gasteiger partial charge is 0.408 e. The highest BCUT2D eigenvalue weighted by Gasteiger charge is 2.50. The maximum Gasteiger partial charge on any atom is 0.408 e. The van der Waals surface area contributed by atoms with Crippen molar-refractivity contribution < 1.29 is 9.53 Å². The fraction of sp³-hybridized carbons (Fsp3) is 0.407. The maximum atomic E-state index is 12.7. The molecule has 0 bridgehead atoms. The highest BCUT2D eigenvalue weighted by molar-refractivity contribution is 7.99. The number of H-pyrrole nitrogens is 1. The van der Waals surface area contributed by atoms with Gasteiger partial charge in [0, 0.05) is 23.4 Å². The lowest BCUT2D eigenvalue weighted by atomic mass is 9.73. The highest BCUT2D eigenvalue weighted by Crippen LogP contribution is 2.53. The number of benzene rings is 1. The number of alkyl carbamates (subject to hydrolysis) is 1. The van der Waals surface area contributed by atoms with Crippen molar-refractivity contribution in [2.75, 3.05) is 18.0 Å². The number of piperidine rings is 1. The first-order chi connectivity index (χ1) is 19.1. The van der Waals surface area contributed by atoms with E-state index in [-0.39, 0.29) is 17.0 Å². The van der Waals surface area contributed by atoms with E-state index in [1.807, 2.05) is 32.3 Å². The van der Waals surface area contributed by atoms with Crippen molar-refractivity contribution in [3.63, 3.8) is 0 Å². The van der Waals surface area contributed by atoms with E-state index in [4.69, 9.17) is 16.3 Å². The van der Waals surface area contributed by atoms with Crippen molar-refractivity contribution >= 4 is 57.5 Å². The number of fused-ring (bicyclic) bond motifs is 2. The highest BCUT2D eigenvalue weighted by atomic mass is 35.5. The van der Waals surface area contributed by atoms with Crippen LogP contribution in [-0.4, -0.2) is 49.7 Å². The molecule has 0 saturated carbocycles. The molecule has 1 atom stereocenters. The van der Waals surface area contributed by atoms with Crippen molar-refractivity contribution in [1.29, 1.82) is 0 Å². The average Bonchev–Trinajstić information content (AvgIpc) is 3.46. The Kier molecular flexibility index (Phi) is 6.96. The molecule has 1 saturated heterocycles.